The molecule has 2 aromatic rings. The molecule has 0 unspecified atom stereocenters. The van der Waals surface area contributed by atoms with Gasteiger partial charge in [-0.3, -0.25) is 5.43 Å². The molecule has 0 aliphatic carbocycles. The zero-order valence-corrected chi connectivity index (χ0v) is 13.3. The summed E-state index contributed by atoms with van der Waals surface area (Å²) in [5, 5.41) is 7.88. The molecule has 0 aromatic heterocycles. The SMILES string of the molecule is C/C(=N\NC(=S)Nc1ccc(C)cc1)c1ccc(C)cc1. The molecule has 0 aliphatic rings. The van der Waals surface area contributed by atoms with E-state index in [9.17, 15) is 0 Å². The van der Waals surface area contributed by atoms with Gasteiger partial charge in [-0.25, -0.2) is 0 Å². The van der Waals surface area contributed by atoms with Crippen LogP contribution in [0.3, 0.4) is 0 Å². The first-order chi connectivity index (χ1) is 10.0. The molecule has 0 radical (unpaired) electrons. The molecule has 0 aliphatic heterocycles. The van der Waals surface area contributed by atoms with E-state index in [1.165, 1.54) is 11.1 Å². The number of hydrogen-bond acceptors (Lipinski definition) is 2. The second-order valence-electron chi connectivity index (χ2n) is 5.00. The Balaban J connectivity index is 1.94. The zero-order valence-electron chi connectivity index (χ0n) is 12.5. The quantitative estimate of drug-likeness (QED) is 0.510. The molecule has 21 heavy (non-hydrogen) atoms. The number of anilines is 1. The van der Waals surface area contributed by atoms with Gasteiger partial charge in [0.25, 0.3) is 0 Å². The highest BCUT2D eigenvalue weighted by atomic mass is 32.1. The van der Waals surface area contributed by atoms with Crippen molar-refractivity contribution in [2.75, 3.05) is 5.32 Å². The van der Waals surface area contributed by atoms with Crippen molar-refractivity contribution < 1.29 is 0 Å². The minimum absolute atomic E-state index is 0.477. The molecular formula is C17H19N3S. The van der Waals surface area contributed by atoms with Crippen molar-refractivity contribution >= 4 is 28.7 Å². The first-order valence-electron chi connectivity index (χ1n) is 6.79. The average molecular weight is 297 g/mol. The van der Waals surface area contributed by atoms with Crippen LogP contribution in [0.5, 0.6) is 0 Å². The fourth-order valence-electron chi connectivity index (χ4n) is 1.79. The van der Waals surface area contributed by atoms with Gasteiger partial charge >= 0.3 is 0 Å². The lowest BCUT2D eigenvalue weighted by atomic mass is 10.1. The zero-order chi connectivity index (χ0) is 15.2. The Morgan fingerprint density at radius 3 is 2.00 bits per heavy atom. The van der Waals surface area contributed by atoms with Crippen molar-refractivity contribution in [3.05, 3.63) is 65.2 Å². The molecule has 0 saturated heterocycles. The van der Waals surface area contributed by atoms with E-state index in [0.717, 1.165) is 17.0 Å². The van der Waals surface area contributed by atoms with E-state index in [4.69, 9.17) is 12.2 Å². The smallest absolute Gasteiger partial charge is 0.191 e. The van der Waals surface area contributed by atoms with Gasteiger partial charge in [0.2, 0.25) is 0 Å². The number of benzene rings is 2. The molecule has 0 saturated carbocycles. The second-order valence-corrected chi connectivity index (χ2v) is 5.40. The minimum Gasteiger partial charge on any atom is -0.331 e. The molecule has 2 aromatic carbocycles. The third-order valence-corrected chi connectivity index (χ3v) is 3.30. The molecule has 2 N–H and O–H groups in total. The van der Waals surface area contributed by atoms with E-state index in [2.05, 4.69) is 41.8 Å². The van der Waals surface area contributed by atoms with Crippen LogP contribution in [0.1, 0.15) is 23.6 Å². The number of thiocarbonyl (C=S) groups is 1. The number of rotatable bonds is 3. The predicted molar refractivity (Wildman–Crippen MR) is 93.9 cm³/mol. The first kappa shape index (κ1) is 15.2. The summed E-state index contributed by atoms with van der Waals surface area (Å²) < 4.78 is 0. The largest absolute Gasteiger partial charge is 0.331 e. The average Bonchev–Trinajstić information content (AvgIpc) is 2.48. The molecule has 3 nitrogen and oxygen atoms in total. The molecule has 0 spiro atoms. The third kappa shape index (κ3) is 4.68. The van der Waals surface area contributed by atoms with Gasteiger partial charge in [0.15, 0.2) is 5.11 Å². The summed E-state index contributed by atoms with van der Waals surface area (Å²) in [5.74, 6) is 0. The van der Waals surface area contributed by atoms with Crippen molar-refractivity contribution in [1.82, 2.24) is 5.43 Å². The Morgan fingerprint density at radius 2 is 1.43 bits per heavy atom. The first-order valence-corrected chi connectivity index (χ1v) is 7.20. The predicted octanol–water partition coefficient (Wildman–Crippen LogP) is 4.01. The van der Waals surface area contributed by atoms with Crippen LogP contribution in [0.25, 0.3) is 0 Å². The Labute approximate surface area is 131 Å². The van der Waals surface area contributed by atoms with E-state index in [0.29, 0.717) is 5.11 Å². The van der Waals surface area contributed by atoms with E-state index in [1.54, 1.807) is 0 Å². The topological polar surface area (TPSA) is 36.4 Å². The maximum absolute atomic E-state index is 5.23. The molecule has 0 amide bonds. The van der Waals surface area contributed by atoms with Crippen LogP contribution in [0.4, 0.5) is 5.69 Å². The van der Waals surface area contributed by atoms with Gasteiger partial charge in [0, 0.05) is 5.69 Å². The van der Waals surface area contributed by atoms with Gasteiger partial charge in [0.1, 0.15) is 0 Å². The highest BCUT2D eigenvalue weighted by Gasteiger charge is 1.99. The monoisotopic (exact) mass is 297 g/mol. The fraction of sp³-hybridized carbons (Fsp3) is 0.176. The molecule has 2 rings (SSSR count). The molecule has 4 heteroatoms. The Hall–Kier alpha value is -2.20. The Morgan fingerprint density at radius 1 is 0.905 bits per heavy atom. The number of aryl methyl sites for hydroxylation is 2. The normalized spacial score (nSPS) is 11.1. The highest BCUT2D eigenvalue weighted by Crippen LogP contribution is 2.08. The molecule has 0 heterocycles. The Bertz CT molecular complexity index is 643. The van der Waals surface area contributed by atoms with Gasteiger partial charge in [-0.15, -0.1) is 0 Å². The number of nitrogens with zero attached hydrogens (tertiary/aromatic N) is 1. The molecule has 108 valence electrons. The van der Waals surface area contributed by atoms with Crippen LogP contribution < -0.4 is 10.7 Å². The minimum atomic E-state index is 0.477. The van der Waals surface area contributed by atoms with Gasteiger partial charge < -0.3 is 5.32 Å². The third-order valence-electron chi connectivity index (χ3n) is 3.10. The summed E-state index contributed by atoms with van der Waals surface area (Å²) in [6, 6.07) is 16.3. The second kappa shape index (κ2) is 6.99. The molecule has 0 fully saturated rings. The summed E-state index contributed by atoms with van der Waals surface area (Å²) in [6.45, 7) is 6.07. The lowest BCUT2D eigenvalue weighted by molar-refractivity contribution is 1.04. The van der Waals surface area contributed by atoms with Crippen LogP contribution >= 0.6 is 12.2 Å². The standard InChI is InChI=1S/C17H19N3S/c1-12-4-8-15(9-5-12)14(3)19-20-17(21)18-16-10-6-13(2)7-11-16/h4-11H,1-3H3,(H2,18,20,21)/b19-14+. The van der Waals surface area contributed by atoms with Crippen molar-refractivity contribution in [2.45, 2.75) is 20.8 Å². The maximum atomic E-state index is 5.23. The maximum Gasteiger partial charge on any atom is 0.191 e. The summed E-state index contributed by atoms with van der Waals surface area (Å²) in [7, 11) is 0. The van der Waals surface area contributed by atoms with Crippen molar-refractivity contribution in [2.24, 2.45) is 5.10 Å². The van der Waals surface area contributed by atoms with Crippen molar-refractivity contribution in [3.8, 4) is 0 Å². The summed E-state index contributed by atoms with van der Waals surface area (Å²) in [6.07, 6.45) is 0. The molecular weight excluding hydrogens is 278 g/mol. The van der Waals surface area contributed by atoms with Gasteiger partial charge in [0.05, 0.1) is 5.71 Å². The Kier molecular flexibility index (Phi) is 5.06. The van der Waals surface area contributed by atoms with E-state index in [1.807, 2.05) is 43.3 Å². The van der Waals surface area contributed by atoms with Crippen LogP contribution in [0.2, 0.25) is 0 Å². The van der Waals surface area contributed by atoms with E-state index in [-0.39, 0.29) is 0 Å². The van der Waals surface area contributed by atoms with Crippen LogP contribution in [0, 0.1) is 13.8 Å². The van der Waals surface area contributed by atoms with Gasteiger partial charge in [-0.05, 0) is 50.7 Å². The lowest BCUT2D eigenvalue weighted by Crippen LogP contribution is -2.24. The lowest BCUT2D eigenvalue weighted by Gasteiger charge is -2.08. The molecule has 0 bridgehead atoms. The number of hydrazone groups is 1. The number of nitrogens with one attached hydrogen (secondary N) is 2. The van der Waals surface area contributed by atoms with Crippen LogP contribution in [0.15, 0.2) is 53.6 Å². The van der Waals surface area contributed by atoms with Gasteiger partial charge in [-0.1, -0.05) is 47.5 Å². The van der Waals surface area contributed by atoms with Crippen molar-refractivity contribution in [1.29, 1.82) is 0 Å². The highest BCUT2D eigenvalue weighted by molar-refractivity contribution is 7.80. The van der Waals surface area contributed by atoms with Crippen LogP contribution in [-0.2, 0) is 0 Å². The van der Waals surface area contributed by atoms with Crippen molar-refractivity contribution in [3.63, 3.8) is 0 Å². The van der Waals surface area contributed by atoms with Crippen LogP contribution in [-0.4, -0.2) is 10.8 Å². The van der Waals surface area contributed by atoms with E-state index >= 15 is 0 Å². The fourth-order valence-corrected chi connectivity index (χ4v) is 1.95. The van der Waals surface area contributed by atoms with Gasteiger partial charge in [-0.2, -0.15) is 5.10 Å². The van der Waals surface area contributed by atoms with E-state index < -0.39 is 0 Å². The number of hydrogen-bond donors (Lipinski definition) is 2. The summed E-state index contributed by atoms with van der Waals surface area (Å²) >= 11 is 5.23. The summed E-state index contributed by atoms with van der Waals surface area (Å²) in [4.78, 5) is 0. The summed E-state index contributed by atoms with van der Waals surface area (Å²) in [5.41, 5.74) is 8.23. The molecule has 0 atom stereocenters.